The van der Waals surface area contributed by atoms with Crippen LogP contribution in [0.3, 0.4) is 0 Å². The van der Waals surface area contributed by atoms with Crippen molar-refractivity contribution in [3.63, 3.8) is 0 Å². The van der Waals surface area contributed by atoms with Gasteiger partial charge in [0.15, 0.2) is 18.1 Å². The number of benzene rings is 2. The van der Waals surface area contributed by atoms with Crippen LogP contribution in [0, 0.1) is 0 Å². The predicted octanol–water partition coefficient (Wildman–Crippen LogP) is 5.84. The van der Waals surface area contributed by atoms with Crippen LogP contribution in [0.5, 0.6) is 5.75 Å². The highest BCUT2D eigenvalue weighted by Gasteiger charge is 2.12. The fourth-order valence-electron chi connectivity index (χ4n) is 3.19. The third kappa shape index (κ3) is 4.68. The molecule has 3 aromatic heterocycles. The first-order valence-corrected chi connectivity index (χ1v) is 11.4. The molecule has 0 fully saturated rings. The monoisotopic (exact) mass is 495 g/mol. The molecule has 0 atom stereocenters. The van der Waals surface area contributed by atoms with Crippen LogP contribution < -0.4 is 10.1 Å². The van der Waals surface area contributed by atoms with Crippen molar-refractivity contribution >= 4 is 51.8 Å². The van der Waals surface area contributed by atoms with Crippen LogP contribution in [0.15, 0.2) is 72.1 Å². The van der Waals surface area contributed by atoms with Crippen LogP contribution in [-0.2, 0) is 4.79 Å². The second kappa shape index (κ2) is 9.19. The number of carbonyl (C=O) groups excluding carboxylic acids is 1. The van der Waals surface area contributed by atoms with Gasteiger partial charge in [-0.25, -0.2) is 0 Å². The van der Waals surface area contributed by atoms with Crippen LogP contribution >= 0.6 is 34.5 Å². The zero-order valence-electron chi connectivity index (χ0n) is 16.9. The Morgan fingerprint density at radius 1 is 1.03 bits per heavy atom. The van der Waals surface area contributed by atoms with Gasteiger partial charge < -0.3 is 10.1 Å². The Hall–Kier alpha value is -3.46. The SMILES string of the molecule is O=C(COc1cc(Cl)ccc1Cl)Nc1cccc(-c2ccc3nnc(-c4cccs4)n3n2)c1. The molecule has 0 saturated heterocycles. The molecule has 0 aliphatic rings. The van der Waals surface area contributed by atoms with E-state index < -0.39 is 0 Å². The lowest BCUT2D eigenvalue weighted by Crippen LogP contribution is -2.20. The van der Waals surface area contributed by atoms with Crippen LogP contribution in [0.1, 0.15) is 0 Å². The molecular weight excluding hydrogens is 481 g/mol. The topological polar surface area (TPSA) is 81.4 Å². The molecule has 164 valence electrons. The quantitative estimate of drug-likeness (QED) is 0.319. The molecule has 0 bridgehead atoms. The molecule has 3 heterocycles. The summed E-state index contributed by atoms with van der Waals surface area (Å²) in [5, 5.41) is 18.8. The van der Waals surface area contributed by atoms with Gasteiger partial charge >= 0.3 is 0 Å². The zero-order valence-corrected chi connectivity index (χ0v) is 19.2. The van der Waals surface area contributed by atoms with E-state index in [1.807, 2.05) is 47.8 Å². The molecule has 33 heavy (non-hydrogen) atoms. The number of nitrogens with one attached hydrogen (secondary N) is 1. The van der Waals surface area contributed by atoms with Gasteiger partial charge in [0.25, 0.3) is 5.91 Å². The third-order valence-electron chi connectivity index (χ3n) is 4.70. The molecule has 0 radical (unpaired) electrons. The number of fused-ring (bicyclic) bond motifs is 1. The summed E-state index contributed by atoms with van der Waals surface area (Å²) >= 11 is 13.6. The molecule has 0 aliphatic heterocycles. The first-order valence-electron chi connectivity index (χ1n) is 9.81. The maximum Gasteiger partial charge on any atom is 0.262 e. The highest BCUT2D eigenvalue weighted by molar-refractivity contribution is 7.13. The van der Waals surface area contributed by atoms with E-state index in [9.17, 15) is 4.79 Å². The first kappa shape index (κ1) is 21.4. The van der Waals surface area contributed by atoms with Crippen molar-refractivity contribution in [2.45, 2.75) is 0 Å². The summed E-state index contributed by atoms with van der Waals surface area (Å²) in [5.41, 5.74) is 2.82. The Balaban J connectivity index is 1.34. The molecule has 0 spiro atoms. The van der Waals surface area contributed by atoms with Crippen molar-refractivity contribution < 1.29 is 9.53 Å². The van der Waals surface area contributed by atoms with Crippen molar-refractivity contribution in [2.24, 2.45) is 0 Å². The van der Waals surface area contributed by atoms with Crippen molar-refractivity contribution in [3.8, 4) is 27.7 Å². The molecule has 2 aromatic carbocycles. The van der Waals surface area contributed by atoms with Gasteiger partial charge in [0.1, 0.15) is 5.75 Å². The molecule has 1 amide bonds. The standard InChI is InChI=1S/C23H15Cl2N5O2S/c24-15-6-7-17(25)19(12-15)32-13-22(31)26-16-4-1-3-14(11-16)18-8-9-21-27-28-23(30(21)29-18)20-5-2-10-33-20/h1-12H,13H2,(H,26,31). The molecule has 0 aliphatic carbocycles. The summed E-state index contributed by atoms with van der Waals surface area (Å²) in [6.07, 6.45) is 0. The van der Waals surface area contributed by atoms with Crippen LogP contribution in [0.4, 0.5) is 5.69 Å². The van der Waals surface area contributed by atoms with Crippen molar-refractivity contribution in [3.05, 3.63) is 82.2 Å². The lowest BCUT2D eigenvalue weighted by molar-refractivity contribution is -0.118. The summed E-state index contributed by atoms with van der Waals surface area (Å²) in [4.78, 5) is 13.4. The summed E-state index contributed by atoms with van der Waals surface area (Å²) in [5.74, 6) is 0.703. The number of amides is 1. The Labute approximate surface area is 202 Å². The van der Waals surface area contributed by atoms with Gasteiger partial charge in [0.05, 0.1) is 15.6 Å². The number of halogens is 2. The van der Waals surface area contributed by atoms with E-state index in [0.29, 0.717) is 33.0 Å². The lowest BCUT2D eigenvalue weighted by atomic mass is 10.1. The van der Waals surface area contributed by atoms with Crippen LogP contribution in [0.2, 0.25) is 10.0 Å². The molecular formula is C23H15Cl2N5O2S. The van der Waals surface area contributed by atoms with Gasteiger partial charge in [-0.05, 0) is 47.8 Å². The summed E-state index contributed by atoms with van der Waals surface area (Å²) in [7, 11) is 0. The molecule has 5 rings (SSSR count). The predicted molar refractivity (Wildman–Crippen MR) is 130 cm³/mol. The number of rotatable bonds is 6. The van der Waals surface area contributed by atoms with Gasteiger partial charge in [0, 0.05) is 22.3 Å². The van der Waals surface area contributed by atoms with Gasteiger partial charge in [0.2, 0.25) is 0 Å². The van der Waals surface area contributed by atoms with Gasteiger partial charge in [-0.3, -0.25) is 4.79 Å². The Morgan fingerprint density at radius 2 is 1.94 bits per heavy atom. The number of nitrogens with zero attached hydrogens (tertiary/aromatic N) is 4. The maximum absolute atomic E-state index is 12.4. The number of ether oxygens (including phenoxy) is 1. The van der Waals surface area contributed by atoms with Gasteiger partial charge in [-0.15, -0.1) is 21.5 Å². The van der Waals surface area contributed by atoms with Crippen molar-refractivity contribution in [1.82, 2.24) is 19.8 Å². The van der Waals surface area contributed by atoms with Crippen LogP contribution in [0.25, 0.3) is 27.6 Å². The highest BCUT2D eigenvalue weighted by Crippen LogP contribution is 2.28. The highest BCUT2D eigenvalue weighted by atomic mass is 35.5. The molecule has 0 unspecified atom stereocenters. The van der Waals surface area contributed by atoms with E-state index in [2.05, 4.69) is 15.5 Å². The Kier molecular flexibility index (Phi) is 5.95. The average molecular weight is 496 g/mol. The summed E-state index contributed by atoms with van der Waals surface area (Å²) in [6, 6.07) is 19.9. The Morgan fingerprint density at radius 3 is 2.79 bits per heavy atom. The number of hydrogen-bond donors (Lipinski definition) is 1. The van der Waals surface area contributed by atoms with E-state index in [4.69, 9.17) is 33.0 Å². The molecule has 5 aromatic rings. The van der Waals surface area contributed by atoms with Gasteiger partial charge in [-0.1, -0.05) is 41.4 Å². The molecule has 10 heteroatoms. The van der Waals surface area contributed by atoms with E-state index in [1.165, 1.54) is 0 Å². The number of anilines is 1. The van der Waals surface area contributed by atoms with E-state index >= 15 is 0 Å². The zero-order chi connectivity index (χ0) is 22.8. The lowest BCUT2D eigenvalue weighted by Gasteiger charge is -2.10. The summed E-state index contributed by atoms with van der Waals surface area (Å²) < 4.78 is 7.21. The summed E-state index contributed by atoms with van der Waals surface area (Å²) in [6.45, 7) is -0.209. The minimum Gasteiger partial charge on any atom is -0.482 e. The number of carbonyl (C=O) groups is 1. The van der Waals surface area contributed by atoms with E-state index in [0.717, 1.165) is 16.1 Å². The second-order valence-corrected chi connectivity index (χ2v) is 8.77. The maximum atomic E-state index is 12.4. The second-order valence-electron chi connectivity index (χ2n) is 6.98. The van der Waals surface area contributed by atoms with E-state index in [1.54, 1.807) is 40.1 Å². The fraction of sp³-hybridized carbons (Fsp3) is 0.0435. The molecule has 1 N–H and O–H groups in total. The normalized spacial score (nSPS) is 11.0. The van der Waals surface area contributed by atoms with Gasteiger partial charge in [-0.2, -0.15) is 9.61 Å². The molecule has 0 saturated carbocycles. The molecule has 7 nitrogen and oxygen atoms in total. The number of hydrogen-bond acceptors (Lipinski definition) is 6. The minimum atomic E-state index is -0.328. The third-order valence-corrected chi connectivity index (χ3v) is 6.11. The smallest absolute Gasteiger partial charge is 0.262 e. The average Bonchev–Trinajstić information content (AvgIpc) is 3.49. The van der Waals surface area contributed by atoms with E-state index in [-0.39, 0.29) is 12.5 Å². The minimum absolute atomic E-state index is 0.209. The van der Waals surface area contributed by atoms with Crippen molar-refractivity contribution in [1.29, 1.82) is 0 Å². The fourth-order valence-corrected chi connectivity index (χ4v) is 4.21. The Bertz CT molecular complexity index is 1450. The largest absolute Gasteiger partial charge is 0.482 e. The number of thiophene rings is 1. The number of aromatic nitrogens is 4. The first-order chi connectivity index (χ1) is 16.1. The van der Waals surface area contributed by atoms with Crippen LogP contribution in [-0.4, -0.2) is 32.3 Å². The van der Waals surface area contributed by atoms with Crippen molar-refractivity contribution in [2.75, 3.05) is 11.9 Å².